The number of hydrogen-bond donors (Lipinski definition) is 3. The third-order valence-corrected chi connectivity index (χ3v) is 5.71. The largest absolute Gasteiger partial charge is 0.393 e. The molecule has 1 aliphatic heterocycles. The van der Waals surface area contributed by atoms with Crippen LogP contribution < -0.4 is 10.6 Å². The molecule has 0 saturated heterocycles. The third kappa shape index (κ3) is 4.61. The quantitative estimate of drug-likeness (QED) is 0.716. The number of rotatable bonds is 6. The zero-order valence-electron chi connectivity index (χ0n) is 15.0. The molecule has 7 heteroatoms. The summed E-state index contributed by atoms with van der Waals surface area (Å²) >= 11 is 0. The lowest BCUT2D eigenvalue weighted by atomic mass is 9.85. The number of carbonyl (C=O) groups is 1. The van der Waals surface area contributed by atoms with Crippen molar-refractivity contribution in [1.82, 2.24) is 5.32 Å². The highest BCUT2D eigenvalue weighted by atomic mass is 32.2. The van der Waals surface area contributed by atoms with E-state index in [1.165, 1.54) is 12.1 Å². The van der Waals surface area contributed by atoms with E-state index in [2.05, 4.69) is 10.6 Å². The SMILES string of the molecule is CCC1(C)NC(CC(C)O)=CC1C(=O)Nc1ccc(S(C)(=O)=O)cc1. The van der Waals surface area contributed by atoms with Crippen molar-refractivity contribution in [2.45, 2.75) is 50.2 Å². The van der Waals surface area contributed by atoms with Crippen LogP contribution in [0.15, 0.2) is 40.9 Å². The van der Waals surface area contributed by atoms with Gasteiger partial charge in [0.25, 0.3) is 0 Å². The van der Waals surface area contributed by atoms with Crippen molar-refractivity contribution in [3.05, 3.63) is 36.0 Å². The van der Waals surface area contributed by atoms with Crippen molar-refractivity contribution in [3.8, 4) is 0 Å². The minimum atomic E-state index is -3.26. The van der Waals surface area contributed by atoms with Gasteiger partial charge in [0.15, 0.2) is 9.84 Å². The molecular weight excluding hydrogens is 340 g/mol. The molecule has 1 heterocycles. The second kappa shape index (κ2) is 7.17. The molecule has 0 spiro atoms. The van der Waals surface area contributed by atoms with Gasteiger partial charge in [-0.2, -0.15) is 0 Å². The van der Waals surface area contributed by atoms with Gasteiger partial charge in [-0.25, -0.2) is 8.42 Å². The first-order chi connectivity index (χ1) is 11.5. The molecule has 1 aliphatic rings. The Kier molecular flexibility index (Phi) is 5.58. The summed E-state index contributed by atoms with van der Waals surface area (Å²) in [5, 5.41) is 15.8. The first-order valence-electron chi connectivity index (χ1n) is 8.33. The van der Waals surface area contributed by atoms with E-state index in [4.69, 9.17) is 0 Å². The Morgan fingerprint density at radius 1 is 1.36 bits per heavy atom. The van der Waals surface area contributed by atoms with Crippen LogP contribution in [0.1, 0.15) is 33.6 Å². The second-order valence-electron chi connectivity index (χ2n) is 6.90. The Hall–Kier alpha value is -1.86. The Labute approximate surface area is 149 Å². The average molecular weight is 366 g/mol. The van der Waals surface area contributed by atoms with E-state index in [9.17, 15) is 18.3 Å². The van der Waals surface area contributed by atoms with Crippen LogP contribution in [0.3, 0.4) is 0 Å². The molecule has 3 N–H and O–H groups in total. The molecule has 0 radical (unpaired) electrons. The highest BCUT2D eigenvalue weighted by Gasteiger charge is 2.41. The van der Waals surface area contributed by atoms with E-state index in [0.717, 1.165) is 18.4 Å². The minimum absolute atomic E-state index is 0.162. The van der Waals surface area contributed by atoms with Gasteiger partial charge in [0, 0.05) is 29.6 Å². The van der Waals surface area contributed by atoms with Gasteiger partial charge in [-0.1, -0.05) is 13.0 Å². The maximum Gasteiger partial charge on any atom is 0.233 e. The molecule has 138 valence electrons. The summed E-state index contributed by atoms with van der Waals surface area (Å²) in [6, 6.07) is 6.12. The van der Waals surface area contributed by atoms with Crippen LogP contribution in [-0.4, -0.2) is 37.3 Å². The number of carbonyl (C=O) groups excluding carboxylic acids is 1. The molecule has 0 bridgehead atoms. The van der Waals surface area contributed by atoms with Gasteiger partial charge in [-0.3, -0.25) is 4.79 Å². The molecule has 1 amide bonds. The van der Waals surface area contributed by atoms with Gasteiger partial charge < -0.3 is 15.7 Å². The topological polar surface area (TPSA) is 95.5 Å². The summed E-state index contributed by atoms with van der Waals surface area (Å²) in [6.07, 6.45) is 3.76. The average Bonchev–Trinajstić information content (AvgIpc) is 2.83. The fourth-order valence-corrected chi connectivity index (χ4v) is 3.62. The third-order valence-electron chi connectivity index (χ3n) is 4.58. The Bertz CT molecular complexity index is 769. The van der Waals surface area contributed by atoms with Gasteiger partial charge in [-0.05, 0) is 44.5 Å². The van der Waals surface area contributed by atoms with Gasteiger partial charge in [0.05, 0.1) is 16.9 Å². The molecule has 25 heavy (non-hydrogen) atoms. The summed E-state index contributed by atoms with van der Waals surface area (Å²) in [5.41, 5.74) is 1.00. The number of anilines is 1. The lowest BCUT2D eigenvalue weighted by molar-refractivity contribution is -0.120. The lowest BCUT2D eigenvalue weighted by Crippen LogP contribution is -2.46. The second-order valence-corrected chi connectivity index (χ2v) is 8.92. The number of amides is 1. The van der Waals surface area contributed by atoms with E-state index in [-0.39, 0.29) is 16.7 Å². The molecule has 3 atom stereocenters. The van der Waals surface area contributed by atoms with Crippen molar-refractivity contribution in [3.63, 3.8) is 0 Å². The zero-order valence-corrected chi connectivity index (χ0v) is 15.9. The number of sulfone groups is 1. The molecule has 0 aromatic heterocycles. The first-order valence-corrected chi connectivity index (χ1v) is 10.2. The monoisotopic (exact) mass is 366 g/mol. The predicted molar refractivity (Wildman–Crippen MR) is 97.9 cm³/mol. The van der Waals surface area contributed by atoms with Crippen molar-refractivity contribution >= 4 is 21.4 Å². The maximum absolute atomic E-state index is 12.7. The number of nitrogens with one attached hydrogen (secondary N) is 2. The molecule has 3 unspecified atom stereocenters. The number of hydrogen-bond acceptors (Lipinski definition) is 5. The minimum Gasteiger partial charge on any atom is -0.393 e. The van der Waals surface area contributed by atoms with Crippen LogP contribution in [0.25, 0.3) is 0 Å². The normalized spacial score (nSPS) is 24.4. The van der Waals surface area contributed by atoms with E-state index in [1.807, 2.05) is 19.9 Å². The zero-order chi connectivity index (χ0) is 18.8. The Balaban J connectivity index is 2.16. The number of benzene rings is 1. The van der Waals surface area contributed by atoms with Crippen LogP contribution in [0.2, 0.25) is 0 Å². The summed E-state index contributed by atoms with van der Waals surface area (Å²) in [7, 11) is -3.26. The highest BCUT2D eigenvalue weighted by molar-refractivity contribution is 7.90. The van der Waals surface area contributed by atoms with Gasteiger partial charge in [-0.15, -0.1) is 0 Å². The van der Waals surface area contributed by atoms with E-state index >= 15 is 0 Å². The first kappa shape index (κ1) is 19.5. The summed E-state index contributed by atoms with van der Waals surface area (Å²) < 4.78 is 23.0. The van der Waals surface area contributed by atoms with Crippen LogP contribution in [0.4, 0.5) is 5.69 Å². The van der Waals surface area contributed by atoms with Gasteiger partial charge >= 0.3 is 0 Å². The van der Waals surface area contributed by atoms with Crippen LogP contribution >= 0.6 is 0 Å². The van der Waals surface area contributed by atoms with Gasteiger partial charge in [0.1, 0.15) is 0 Å². The van der Waals surface area contributed by atoms with Crippen LogP contribution in [-0.2, 0) is 14.6 Å². The Morgan fingerprint density at radius 2 is 1.96 bits per heavy atom. The molecule has 1 aromatic carbocycles. The maximum atomic E-state index is 12.7. The summed E-state index contributed by atoms with van der Waals surface area (Å²) in [4.78, 5) is 12.9. The molecule has 0 aliphatic carbocycles. The van der Waals surface area contributed by atoms with Crippen molar-refractivity contribution in [2.75, 3.05) is 11.6 Å². The van der Waals surface area contributed by atoms with E-state index in [1.54, 1.807) is 19.1 Å². The van der Waals surface area contributed by atoms with E-state index < -0.39 is 21.5 Å². The lowest BCUT2D eigenvalue weighted by Gasteiger charge is -2.31. The van der Waals surface area contributed by atoms with Crippen molar-refractivity contribution in [1.29, 1.82) is 0 Å². The Morgan fingerprint density at radius 3 is 2.44 bits per heavy atom. The molecule has 0 saturated carbocycles. The highest BCUT2D eigenvalue weighted by Crippen LogP contribution is 2.33. The molecular formula is C18H26N2O4S. The fourth-order valence-electron chi connectivity index (χ4n) is 2.99. The number of aliphatic hydroxyl groups is 1. The fraction of sp³-hybridized carbons (Fsp3) is 0.500. The molecule has 1 aromatic rings. The summed E-state index contributed by atoms with van der Waals surface area (Å²) in [5.74, 6) is -0.537. The summed E-state index contributed by atoms with van der Waals surface area (Å²) in [6.45, 7) is 5.70. The standard InChI is InChI=1S/C18H26N2O4S/c1-5-18(3)16(11-14(20-18)10-12(2)21)17(22)19-13-6-8-15(9-7-13)25(4,23)24/h6-9,11-12,16,20-21H,5,10H2,1-4H3,(H,19,22). The number of aliphatic hydroxyl groups excluding tert-OH is 1. The molecule has 2 rings (SSSR count). The van der Waals surface area contributed by atoms with E-state index in [0.29, 0.717) is 12.1 Å². The molecule has 0 fully saturated rings. The smallest absolute Gasteiger partial charge is 0.233 e. The van der Waals surface area contributed by atoms with Crippen LogP contribution in [0.5, 0.6) is 0 Å². The van der Waals surface area contributed by atoms with Crippen LogP contribution in [0, 0.1) is 5.92 Å². The van der Waals surface area contributed by atoms with Crippen molar-refractivity contribution < 1.29 is 18.3 Å². The predicted octanol–water partition coefficient (Wildman–Crippen LogP) is 2.07. The molecule has 6 nitrogen and oxygen atoms in total. The van der Waals surface area contributed by atoms with Gasteiger partial charge in [0.2, 0.25) is 5.91 Å². The van der Waals surface area contributed by atoms with Crippen molar-refractivity contribution in [2.24, 2.45) is 5.92 Å².